The highest BCUT2D eigenvalue weighted by molar-refractivity contribution is 9.11. The topological polar surface area (TPSA) is 20.3 Å². The third kappa shape index (κ3) is 4.00. The molecule has 0 N–H and O–H groups in total. The van der Waals surface area contributed by atoms with Gasteiger partial charge in [-0.2, -0.15) is 0 Å². The van der Waals surface area contributed by atoms with Crippen LogP contribution in [0.1, 0.15) is 18.1 Å². The molecule has 0 aromatic heterocycles. The molecule has 0 fully saturated rings. The third-order valence-corrected chi connectivity index (χ3v) is 4.72. The zero-order valence-electron chi connectivity index (χ0n) is 11.9. The van der Waals surface area contributed by atoms with Gasteiger partial charge in [-0.25, -0.2) is 0 Å². The Kier molecular flexibility index (Phi) is 5.84. The lowest BCUT2D eigenvalue weighted by Crippen LogP contribution is -2.28. The first kappa shape index (κ1) is 17.3. The number of halogens is 3. The summed E-state index contributed by atoms with van der Waals surface area (Å²) in [5.74, 6) is -0.0442. The maximum atomic E-state index is 12.1. The Morgan fingerprint density at radius 2 is 2.00 bits per heavy atom. The van der Waals surface area contributed by atoms with Gasteiger partial charge in [0.25, 0.3) is 0 Å². The molecule has 5 heteroatoms. The Hall–Kier alpha value is -1.10. The first-order valence-electron chi connectivity index (χ1n) is 6.56. The second-order valence-electron chi connectivity index (χ2n) is 4.75. The Bertz CT molecular complexity index is 731. The molecule has 2 nitrogen and oxygen atoms in total. The predicted molar refractivity (Wildman–Crippen MR) is 100 cm³/mol. The van der Waals surface area contributed by atoms with Crippen LogP contribution in [0.5, 0.6) is 0 Å². The van der Waals surface area contributed by atoms with Crippen molar-refractivity contribution in [3.05, 3.63) is 68.1 Å². The fourth-order valence-electron chi connectivity index (χ4n) is 2.14. The van der Waals surface area contributed by atoms with Crippen LogP contribution < -0.4 is 4.90 Å². The van der Waals surface area contributed by atoms with Crippen LogP contribution >= 0.6 is 43.5 Å². The highest BCUT2D eigenvalue weighted by atomic mass is 79.9. The van der Waals surface area contributed by atoms with Gasteiger partial charge >= 0.3 is 0 Å². The molecule has 0 heterocycles. The van der Waals surface area contributed by atoms with Crippen LogP contribution in [0.25, 0.3) is 6.08 Å². The Morgan fingerprint density at radius 1 is 1.27 bits per heavy atom. The largest absolute Gasteiger partial charge is 0.308 e. The molecule has 0 bridgehead atoms. The molecule has 1 amide bonds. The molecule has 0 saturated heterocycles. The second-order valence-corrected chi connectivity index (χ2v) is 6.95. The highest BCUT2D eigenvalue weighted by Crippen LogP contribution is 2.29. The van der Waals surface area contributed by atoms with Crippen molar-refractivity contribution < 1.29 is 4.79 Å². The van der Waals surface area contributed by atoms with Gasteiger partial charge in [0.2, 0.25) is 5.91 Å². The lowest BCUT2D eigenvalue weighted by atomic mass is 10.1. The first-order chi connectivity index (χ1) is 10.4. The monoisotopic (exact) mass is 441 g/mol. The third-order valence-electron chi connectivity index (χ3n) is 3.22. The molecular weight excluding hydrogens is 429 g/mol. The molecule has 0 aliphatic rings. The van der Waals surface area contributed by atoms with E-state index in [2.05, 4.69) is 38.4 Å². The maximum absolute atomic E-state index is 12.1. The summed E-state index contributed by atoms with van der Waals surface area (Å²) in [6, 6.07) is 11.3. The molecule has 0 spiro atoms. The van der Waals surface area contributed by atoms with Crippen molar-refractivity contribution in [2.45, 2.75) is 13.5 Å². The Morgan fingerprint density at radius 3 is 2.64 bits per heavy atom. The van der Waals surface area contributed by atoms with Crippen molar-refractivity contribution in [3.63, 3.8) is 0 Å². The molecule has 114 valence electrons. The summed E-state index contributed by atoms with van der Waals surface area (Å²) in [5.41, 5.74) is 2.63. The standard InChI is InChI=1S/C17H14Br2ClNO/c1-3-12-9-15(20)5-7-17(12)21(11(2)22)10-13-8-14(18)4-6-16(13)19/h3-9H,1,10H2,2H3. The fourth-order valence-corrected chi connectivity index (χ4v) is 3.10. The molecule has 2 aromatic carbocycles. The number of hydrogen-bond donors (Lipinski definition) is 0. The lowest BCUT2D eigenvalue weighted by molar-refractivity contribution is -0.116. The molecule has 0 radical (unpaired) electrons. The minimum atomic E-state index is -0.0442. The molecule has 0 aliphatic heterocycles. The number of amides is 1. The van der Waals surface area contributed by atoms with Crippen LogP contribution in [-0.2, 0) is 11.3 Å². The van der Waals surface area contributed by atoms with E-state index in [1.807, 2.05) is 24.3 Å². The molecule has 22 heavy (non-hydrogen) atoms. The van der Waals surface area contributed by atoms with E-state index in [9.17, 15) is 4.79 Å². The fraction of sp³-hybridized carbons (Fsp3) is 0.118. The van der Waals surface area contributed by atoms with Crippen molar-refractivity contribution in [1.29, 1.82) is 0 Å². The average Bonchev–Trinajstić information content (AvgIpc) is 2.48. The van der Waals surface area contributed by atoms with Gasteiger partial charge < -0.3 is 4.90 Å². The summed E-state index contributed by atoms with van der Waals surface area (Å²) < 4.78 is 1.92. The van der Waals surface area contributed by atoms with E-state index in [0.717, 1.165) is 25.8 Å². The second kappa shape index (κ2) is 7.44. The van der Waals surface area contributed by atoms with Gasteiger partial charge in [-0.05, 0) is 47.5 Å². The van der Waals surface area contributed by atoms with E-state index in [-0.39, 0.29) is 5.91 Å². The molecule has 0 atom stereocenters. The van der Waals surface area contributed by atoms with Crippen LogP contribution in [0.15, 0.2) is 51.9 Å². The SMILES string of the molecule is C=Cc1cc(Cl)ccc1N(Cc1cc(Br)ccc1Br)C(C)=O. The first-order valence-corrected chi connectivity index (χ1v) is 8.53. The van der Waals surface area contributed by atoms with Gasteiger partial charge in [-0.3, -0.25) is 4.79 Å². The molecule has 2 rings (SSSR count). The number of rotatable bonds is 4. The van der Waals surface area contributed by atoms with E-state index in [1.165, 1.54) is 0 Å². The molecule has 2 aromatic rings. The van der Waals surface area contributed by atoms with Crippen LogP contribution in [-0.4, -0.2) is 5.91 Å². The van der Waals surface area contributed by atoms with Crippen molar-refractivity contribution in [2.75, 3.05) is 4.90 Å². The smallest absolute Gasteiger partial charge is 0.224 e. The zero-order chi connectivity index (χ0) is 16.3. The van der Waals surface area contributed by atoms with Gasteiger partial charge in [0.15, 0.2) is 0 Å². The molecule has 0 aliphatic carbocycles. The van der Waals surface area contributed by atoms with Crippen LogP contribution in [0, 0.1) is 0 Å². The minimum Gasteiger partial charge on any atom is -0.308 e. The summed E-state index contributed by atoms with van der Waals surface area (Å²) in [4.78, 5) is 13.8. The average molecular weight is 444 g/mol. The summed E-state index contributed by atoms with van der Waals surface area (Å²) in [5, 5.41) is 0.616. The quantitative estimate of drug-likeness (QED) is 0.562. The minimum absolute atomic E-state index is 0.0442. The number of benzene rings is 2. The zero-order valence-corrected chi connectivity index (χ0v) is 15.9. The van der Waals surface area contributed by atoms with Gasteiger partial charge in [0.05, 0.1) is 12.2 Å². The van der Waals surface area contributed by atoms with E-state index in [1.54, 1.807) is 30.0 Å². The van der Waals surface area contributed by atoms with Crippen molar-refractivity contribution >= 4 is 61.1 Å². The number of anilines is 1. The normalized spacial score (nSPS) is 10.4. The highest BCUT2D eigenvalue weighted by Gasteiger charge is 2.16. The predicted octanol–water partition coefficient (Wildman–Crippen LogP) is 6.06. The van der Waals surface area contributed by atoms with Gasteiger partial charge in [-0.15, -0.1) is 0 Å². The number of nitrogens with zero attached hydrogens (tertiary/aromatic N) is 1. The molecule has 0 saturated carbocycles. The van der Waals surface area contributed by atoms with Gasteiger partial charge in [0, 0.05) is 20.9 Å². The number of carbonyl (C=O) groups excluding carboxylic acids is 1. The Labute approximate surface area is 152 Å². The van der Waals surface area contributed by atoms with E-state index >= 15 is 0 Å². The van der Waals surface area contributed by atoms with Crippen molar-refractivity contribution in [1.82, 2.24) is 0 Å². The number of carbonyl (C=O) groups is 1. The van der Waals surface area contributed by atoms with Gasteiger partial charge in [-0.1, -0.05) is 56.1 Å². The van der Waals surface area contributed by atoms with Crippen molar-refractivity contribution in [3.8, 4) is 0 Å². The van der Waals surface area contributed by atoms with E-state index < -0.39 is 0 Å². The lowest BCUT2D eigenvalue weighted by Gasteiger charge is -2.24. The van der Waals surface area contributed by atoms with E-state index in [4.69, 9.17) is 11.6 Å². The molecular formula is C17H14Br2ClNO. The summed E-state index contributed by atoms with van der Waals surface area (Å²) in [7, 11) is 0. The molecule has 0 unspecified atom stereocenters. The summed E-state index contributed by atoms with van der Waals surface area (Å²) in [6.07, 6.45) is 1.70. The van der Waals surface area contributed by atoms with Crippen molar-refractivity contribution in [2.24, 2.45) is 0 Å². The van der Waals surface area contributed by atoms with Crippen LogP contribution in [0.3, 0.4) is 0 Å². The summed E-state index contributed by atoms with van der Waals surface area (Å²) in [6.45, 7) is 5.80. The van der Waals surface area contributed by atoms with Crippen LogP contribution in [0.4, 0.5) is 5.69 Å². The van der Waals surface area contributed by atoms with Gasteiger partial charge in [0.1, 0.15) is 0 Å². The Balaban J connectivity index is 2.45. The van der Waals surface area contributed by atoms with E-state index in [0.29, 0.717) is 11.6 Å². The summed E-state index contributed by atoms with van der Waals surface area (Å²) >= 11 is 13.0. The maximum Gasteiger partial charge on any atom is 0.224 e. The number of hydrogen-bond acceptors (Lipinski definition) is 1. The van der Waals surface area contributed by atoms with Crippen LogP contribution in [0.2, 0.25) is 5.02 Å².